The molecule has 0 aliphatic carbocycles. The second-order valence-corrected chi connectivity index (χ2v) is 9.11. The van der Waals surface area contributed by atoms with Crippen molar-refractivity contribution < 1.29 is 19.0 Å². The normalized spacial score (nSPS) is 23.5. The Balaban J connectivity index is 2.10. The second kappa shape index (κ2) is 11.5. The fourth-order valence-corrected chi connectivity index (χ4v) is 2.62. The van der Waals surface area contributed by atoms with Gasteiger partial charge in [-0.05, 0) is 49.0 Å². The van der Waals surface area contributed by atoms with Crippen molar-refractivity contribution in [2.24, 2.45) is 5.92 Å². The fraction of sp³-hybridized carbons (Fsp3) is 0.933. The van der Waals surface area contributed by atoms with E-state index in [4.69, 9.17) is 25.4 Å². The molecule has 0 bridgehead atoms. The third-order valence-corrected chi connectivity index (χ3v) is 4.07. The van der Waals surface area contributed by atoms with Gasteiger partial charge in [-0.25, -0.2) is 0 Å². The highest BCUT2D eigenvalue weighted by Gasteiger charge is 2.23. The molecule has 22 heavy (non-hydrogen) atoms. The Morgan fingerprint density at radius 3 is 2.91 bits per heavy atom. The molecule has 1 rings (SSSR count). The van der Waals surface area contributed by atoms with Gasteiger partial charge in [-0.2, -0.15) is 0 Å². The first-order valence-corrected chi connectivity index (χ1v) is 10.6. The molecule has 0 saturated carbocycles. The molecule has 1 heterocycles. The lowest BCUT2D eigenvalue weighted by molar-refractivity contribution is -0.195. The highest BCUT2D eigenvalue weighted by molar-refractivity contribution is 8.28. The fourth-order valence-electron chi connectivity index (χ4n) is 2.11. The van der Waals surface area contributed by atoms with Gasteiger partial charge in [0.15, 0.2) is 6.29 Å². The molecule has 1 amide bonds. The van der Waals surface area contributed by atoms with E-state index in [2.05, 4.69) is 19.2 Å². The lowest BCUT2D eigenvalue weighted by Gasteiger charge is -2.29. The minimum Gasteiger partial charge on any atom is -0.369 e. The zero-order chi connectivity index (χ0) is 16.4. The van der Waals surface area contributed by atoms with E-state index in [1.807, 2.05) is 6.26 Å². The van der Waals surface area contributed by atoms with Crippen molar-refractivity contribution in [1.29, 1.82) is 0 Å². The van der Waals surface area contributed by atoms with E-state index in [0.29, 0.717) is 25.0 Å². The zero-order valence-electron chi connectivity index (χ0n) is 13.8. The Morgan fingerprint density at radius 1 is 1.45 bits per heavy atom. The van der Waals surface area contributed by atoms with E-state index >= 15 is 0 Å². The summed E-state index contributed by atoms with van der Waals surface area (Å²) in [5, 5.41) is 2.85. The lowest BCUT2D eigenvalue weighted by atomic mass is 10.1. The molecule has 0 radical (unpaired) electrons. The van der Waals surface area contributed by atoms with Gasteiger partial charge >= 0.3 is 0 Å². The highest BCUT2D eigenvalue weighted by Crippen LogP contribution is 2.20. The third kappa shape index (κ3) is 9.84. The molecule has 5 nitrogen and oxygen atoms in total. The highest BCUT2D eigenvalue weighted by atomic mass is 32.8. The number of amides is 1. The first-order valence-electron chi connectivity index (χ1n) is 7.89. The van der Waals surface area contributed by atoms with E-state index in [-0.39, 0.29) is 34.4 Å². The molecule has 1 N–H and O–H groups in total. The summed E-state index contributed by atoms with van der Waals surface area (Å²) in [7, 11) is -0.150. The number of hydrogen-bond acceptors (Lipinski definition) is 5. The molecule has 1 aliphatic rings. The Bertz CT molecular complexity index is 352. The zero-order valence-corrected chi connectivity index (χ0v) is 15.5. The monoisotopic (exact) mass is 351 g/mol. The Kier molecular flexibility index (Phi) is 10.4. The Labute approximate surface area is 141 Å². The topological polar surface area (TPSA) is 56.8 Å². The van der Waals surface area contributed by atoms with Crippen molar-refractivity contribution in [3.63, 3.8) is 0 Å². The van der Waals surface area contributed by atoms with Crippen LogP contribution in [-0.4, -0.2) is 50.3 Å². The molecule has 130 valence electrons. The molecule has 3 unspecified atom stereocenters. The number of nitrogens with one attached hydrogen (secondary N) is 1. The minimum atomic E-state index is -0.180. The third-order valence-electron chi connectivity index (χ3n) is 3.31. The van der Waals surface area contributed by atoms with E-state index in [9.17, 15) is 4.79 Å². The van der Waals surface area contributed by atoms with Gasteiger partial charge in [0, 0.05) is 6.54 Å². The predicted molar refractivity (Wildman–Crippen MR) is 92.4 cm³/mol. The summed E-state index contributed by atoms with van der Waals surface area (Å²) in [5.74, 6) is 1.09. The van der Waals surface area contributed by atoms with Crippen LogP contribution in [0.15, 0.2) is 0 Å². The summed E-state index contributed by atoms with van der Waals surface area (Å²) < 4.78 is 16.9. The Hall–Kier alpha value is -0.0800. The molecule has 0 aromatic heterocycles. The molecule has 1 aliphatic heterocycles. The van der Waals surface area contributed by atoms with Gasteiger partial charge in [-0.15, -0.1) is 0 Å². The van der Waals surface area contributed by atoms with Crippen LogP contribution in [0.25, 0.3) is 0 Å². The van der Waals surface area contributed by atoms with Crippen LogP contribution >= 0.6 is 0 Å². The minimum absolute atomic E-state index is 0.00553. The van der Waals surface area contributed by atoms with Crippen LogP contribution in [0.3, 0.4) is 0 Å². The number of carbonyl (C=O) groups is 1. The van der Waals surface area contributed by atoms with Crippen LogP contribution in [0.1, 0.15) is 39.5 Å². The van der Waals surface area contributed by atoms with Crippen molar-refractivity contribution in [3.8, 4) is 0 Å². The smallest absolute Gasteiger partial charge is 0.245 e. The molecule has 0 aromatic rings. The van der Waals surface area contributed by atoms with Crippen LogP contribution in [0.4, 0.5) is 0 Å². The van der Waals surface area contributed by atoms with E-state index in [0.717, 1.165) is 25.7 Å². The van der Waals surface area contributed by atoms with Crippen molar-refractivity contribution in [2.45, 2.75) is 51.9 Å². The predicted octanol–water partition coefficient (Wildman–Crippen LogP) is 1.74. The molecule has 7 heteroatoms. The second-order valence-electron chi connectivity index (χ2n) is 6.02. The van der Waals surface area contributed by atoms with Gasteiger partial charge in [0.1, 0.15) is 6.61 Å². The molecule has 0 aromatic carbocycles. The average Bonchev–Trinajstić information content (AvgIpc) is 2.45. The van der Waals surface area contributed by atoms with Gasteiger partial charge in [0.05, 0.1) is 18.6 Å². The number of carbonyl (C=O) groups excluding carboxylic acids is 1. The van der Waals surface area contributed by atoms with Gasteiger partial charge < -0.3 is 19.5 Å². The van der Waals surface area contributed by atoms with Crippen LogP contribution in [0.2, 0.25) is 0 Å². The first-order chi connectivity index (χ1) is 10.5. The lowest BCUT2D eigenvalue weighted by Crippen LogP contribution is -2.35. The number of rotatable bonds is 10. The summed E-state index contributed by atoms with van der Waals surface area (Å²) in [6, 6.07) is 0. The first kappa shape index (κ1) is 20.0. The molecular weight excluding hydrogens is 322 g/mol. The van der Waals surface area contributed by atoms with Crippen LogP contribution in [0, 0.1) is 5.92 Å². The SMILES string of the molecule is CC(C)CCNC(=O)COCC1CCCC(OCS(C)=S)O1. The summed E-state index contributed by atoms with van der Waals surface area (Å²) in [5.41, 5.74) is 0. The molecule has 0 spiro atoms. The molecule has 1 fully saturated rings. The van der Waals surface area contributed by atoms with Crippen LogP contribution in [0.5, 0.6) is 0 Å². The largest absolute Gasteiger partial charge is 0.369 e. The summed E-state index contributed by atoms with van der Waals surface area (Å²) >= 11 is 5.10. The summed E-state index contributed by atoms with van der Waals surface area (Å²) in [6.45, 7) is 5.50. The van der Waals surface area contributed by atoms with Crippen molar-refractivity contribution >= 4 is 26.5 Å². The van der Waals surface area contributed by atoms with E-state index in [1.54, 1.807) is 0 Å². The molecular formula is C15H29NO4S2. The van der Waals surface area contributed by atoms with E-state index in [1.165, 1.54) is 0 Å². The number of hydrogen-bond donors (Lipinski definition) is 1. The maximum absolute atomic E-state index is 11.6. The number of ether oxygens (including phenoxy) is 3. The maximum Gasteiger partial charge on any atom is 0.245 e. The van der Waals surface area contributed by atoms with Crippen molar-refractivity contribution in [2.75, 3.05) is 32.0 Å². The van der Waals surface area contributed by atoms with Crippen LogP contribution < -0.4 is 5.32 Å². The standard InChI is InChI=1S/C15H29NO4S2/c1-12(2)7-8-16-14(17)10-18-9-13-5-4-6-15(20-13)19-11-22(3)21/h12-13,15H,4-11H2,1-3H3,(H,16,17). The van der Waals surface area contributed by atoms with Crippen molar-refractivity contribution in [1.82, 2.24) is 5.32 Å². The summed E-state index contributed by atoms with van der Waals surface area (Å²) in [6.07, 6.45) is 5.67. The van der Waals surface area contributed by atoms with E-state index < -0.39 is 0 Å². The van der Waals surface area contributed by atoms with Crippen LogP contribution in [-0.2, 0) is 39.6 Å². The quantitative estimate of drug-likeness (QED) is 0.650. The molecule has 3 atom stereocenters. The van der Waals surface area contributed by atoms with Gasteiger partial charge in [0.25, 0.3) is 0 Å². The maximum atomic E-state index is 11.6. The van der Waals surface area contributed by atoms with Crippen molar-refractivity contribution in [3.05, 3.63) is 0 Å². The van der Waals surface area contributed by atoms with Gasteiger partial charge in [-0.3, -0.25) is 4.79 Å². The summed E-state index contributed by atoms with van der Waals surface area (Å²) in [4.78, 5) is 11.6. The Morgan fingerprint density at radius 2 is 2.23 bits per heavy atom. The molecule has 1 saturated heterocycles. The average molecular weight is 352 g/mol. The van der Waals surface area contributed by atoms with Gasteiger partial charge in [0.2, 0.25) is 5.91 Å². The van der Waals surface area contributed by atoms with Gasteiger partial charge in [-0.1, -0.05) is 23.3 Å².